The van der Waals surface area contributed by atoms with Crippen molar-refractivity contribution in [3.63, 3.8) is 0 Å². The van der Waals surface area contributed by atoms with Crippen molar-refractivity contribution >= 4 is 45.4 Å². The van der Waals surface area contributed by atoms with E-state index in [4.69, 9.17) is 10.5 Å². The van der Waals surface area contributed by atoms with Crippen LogP contribution in [0.2, 0.25) is 0 Å². The number of hydrogen-bond donors (Lipinski definition) is 2. The number of halogens is 1. The highest BCUT2D eigenvalue weighted by molar-refractivity contribution is 9.10. The maximum Gasteiger partial charge on any atom is 0.310 e. The quantitative estimate of drug-likeness (QED) is 0.352. The number of esters is 1. The van der Waals surface area contributed by atoms with Crippen LogP contribution < -0.4 is 11.1 Å². The third kappa shape index (κ3) is 5.90. The third-order valence-electron chi connectivity index (χ3n) is 4.61. The van der Waals surface area contributed by atoms with E-state index in [2.05, 4.69) is 26.2 Å². The minimum absolute atomic E-state index is 0.0898. The molecule has 2 aromatic carbocycles. The van der Waals surface area contributed by atoms with Gasteiger partial charge in [0.05, 0.1) is 13.0 Å². The van der Waals surface area contributed by atoms with Crippen LogP contribution >= 0.6 is 15.9 Å². The lowest BCUT2D eigenvalue weighted by Gasteiger charge is -2.12. The summed E-state index contributed by atoms with van der Waals surface area (Å²) in [5.41, 5.74) is 9.07. The average Bonchev–Trinajstić information content (AvgIpc) is 3.50. The number of nitrogens with one attached hydrogen (secondary N) is 1. The number of nitrogens with two attached hydrogens (primary N) is 1. The highest BCUT2D eigenvalue weighted by atomic mass is 79.9. The number of carbonyl (C=O) groups is 2. The Hall–Kier alpha value is -2.67. The first-order valence-electron chi connectivity index (χ1n) is 9.61. The molecule has 152 valence electrons. The molecule has 7 heteroatoms. The lowest BCUT2D eigenvalue weighted by Crippen LogP contribution is -2.16. The van der Waals surface area contributed by atoms with Crippen LogP contribution in [-0.2, 0) is 16.0 Å². The zero-order chi connectivity index (χ0) is 20.8. The van der Waals surface area contributed by atoms with Crippen molar-refractivity contribution in [3.05, 3.63) is 57.6 Å². The molecule has 1 fully saturated rings. The van der Waals surface area contributed by atoms with Crippen LogP contribution in [0.5, 0.6) is 0 Å². The number of benzene rings is 2. The van der Waals surface area contributed by atoms with E-state index in [0.717, 1.165) is 12.1 Å². The highest BCUT2D eigenvalue weighted by Crippen LogP contribution is 2.29. The lowest BCUT2D eigenvalue weighted by atomic mass is 10.1. The predicted octanol–water partition coefficient (Wildman–Crippen LogP) is 4.22. The van der Waals surface area contributed by atoms with Gasteiger partial charge in [0.15, 0.2) is 0 Å². The molecule has 29 heavy (non-hydrogen) atoms. The third-order valence-corrected chi connectivity index (χ3v) is 5.27. The Morgan fingerprint density at radius 1 is 1.31 bits per heavy atom. The van der Waals surface area contributed by atoms with Crippen molar-refractivity contribution in [2.24, 2.45) is 10.9 Å². The SMILES string of the molecule is CCOC(=O)Cc1ccccc1NC(=O)c1cc(N)c(C=NCC2CC2)c(Br)c1. The Morgan fingerprint density at radius 2 is 2.07 bits per heavy atom. The van der Waals surface area contributed by atoms with E-state index < -0.39 is 0 Å². The van der Waals surface area contributed by atoms with E-state index in [0.29, 0.717) is 39.5 Å². The number of aliphatic imine (C=N–C) groups is 1. The summed E-state index contributed by atoms with van der Waals surface area (Å²) >= 11 is 3.49. The van der Waals surface area contributed by atoms with Gasteiger partial charge in [0, 0.05) is 39.7 Å². The molecule has 0 heterocycles. The average molecular weight is 458 g/mol. The van der Waals surface area contributed by atoms with Crippen molar-refractivity contribution < 1.29 is 14.3 Å². The zero-order valence-corrected chi connectivity index (χ0v) is 17.9. The van der Waals surface area contributed by atoms with Crippen molar-refractivity contribution in [2.45, 2.75) is 26.2 Å². The van der Waals surface area contributed by atoms with Gasteiger partial charge in [-0.3, -0.25) is 14.6 Å². The molecule has 1 aliphatic rings. The molecule has 0 bridgehead atoms. The Bertz CT molecular complexity index is 916. The molecule has 0 aliphatic heterocycles. The zero-order valence-electron chi connectivity index (χ0n) is 16.3. The Balaban J connectivity index is 1.74. The molecule has 0 aromatic heterocycles. The Labute approximate surface area is 178 Å². The number of rotatable bonds is 8. The number of ether oxygens (including phenoxy) is 1. The normalized spacial score (nSPS) is 13.4. The van der Waals surface area contributed by atoms with Gasteiger partial charge in [-0.1, -0.05) is 34.1 Å². The number of para-hydroxylation sites is 1. The molecule has 1 saturated carbocycles. The second-order valence-corrected chi connectivity index (χ2v) is 7.85. The smallest absolute Gasteiger partial charge is 0.310 e. The first-order valence-corrected chi connectivity index (χ1v) is 10.4. The molecule has 2 aromatic rings. The first-order chi connectivity index (χ1) is 14.0. The van der Waals surface area contributed by atoms with E-state index in [9.17, 15) is 9.59 Å². The highest BCUT2D eigenvalue weighted by Gasteiger charge is 2.20. The van der Waals surface area contributed by atoms with Crippen molar-refractivity contribution in [2.75, 3.05) is 24.2 Å². The standard InChI is InChI=1S/C22H24BrN3O3/c1-2-29-21(27)11-15-5-3-4-6-20(15)26-22(28)16-9-18(23)17(19(24)10-16)13-25-12-14-7-8-14/h3-6,9-10,13-14H,2,7-8,11-12,24H2,1H3,(H,26,28). The van der Waals surface area contributed by atoms with Crippen LogP contribution in [0.25, 0.3) is 0 Å². The second-order valence-electron chi connectivity index (χ2n) is 6.99. The van der Waals surface area contributed by atoms with Crippen LogP contribution in [0, 0.1) is 5.92 Å². The largest absolute Gasteiger partial charge is 0.466 e. The van der Waals surface area contributed by atoms with Gasteiger partial charge in [0.2, 0.25) is 0 Å². The minimum Gasteiger partial charge on any atom is -0.466 e. The van der Waals surface area contributed by atoms with Gasteiger partial charge < -0.3 is 15.8 Å². The van der Waals surface area contributed by atoms with Crippen LogP contribution in [-0.4, -0.2) is 31.2 Å². The topological polar surface area (TPSA) is 93.8 Å². The fraction of sp³-hybridized carbons (Fsp3) is 0.318. The van der Waals surface area contributed by atoms with Gasteiger partial charge in [-0.05, 0) is 49.4 Å². The molecular formula is C22H24BrN3O3. The van der Waals surface area contributed by atoms with Gasteiger partial charge in [-0.25, -0.2) is 0 Å². The Morgan fingerprint density at radius 3 is 2.76 bits per heavy atom. The number of hydrogen-bond acceptors (Lipinski definition) is 5. The summed E-state index contributed by atoms with van der Waals surface area (Å²) in [5, 5.41) is 2.86. The van der Waals surface area contributed by atoms with E-state index in [1.54, 1.807) is 43.5 Å². The van der Waals surface area contributed by atoms with Crippen LogP contribution in [0.15, 0.2) is 45.9 Å². The molecule has 0 radical (unpaired) electrons. The van der Waals surface area contributed by atoms with Gasteiger partial charge in [0.25, 0.3) is 5.91 Å². The molecule has 0 atom stereocenters. The molecule has 0 saturated heterocycles. The summed E-state index contributed by atoms with van der Waals surface area (Å²) in [7, 11) is 0. The minimum atomic E-state index is -0.337. The summed E-state index contributed by atoms with van der Waals surface area (Å²) in [5.74, 6) is 0.0529. The Kier molecular flexibility index (Phi) is 7.04. The van der Waals surface area contributed by atoms with Gasteiger partial charge in [-0.15, -0.1) is 0 Å². The number of nitrogens with zero attached hydrogens (tertiary/aromatic N) is 1. The van der Waals surface area contributed by atoms with Crippen LogP contribution in [0.3, 0.4) is 0 Å². The molecule has 0 unspecified atom stereocenters. The molecule has 6 nitrogen and oxygen atoms in total. The lowest BCUT2D eigenvalue weighted by molar-refractivity contribution is -0.142. The summed E-state index contributed by atoms with van der Waals surface area (Å²) in [6, 6.07) is 10.5. The van der Waals surface area contributed by atoms with Crippen molar-refractivity contribution in [1.82, 2.24) is 0 Å². The monoisotopic (exact) mass is 457 g/mol. The molecule has 3 rings (SSSR count). The van der Waals surface area contributed by atoms with Crippen molar-refractivity contribution in [3.8, 4) is 0 Å². The van der Waals surface area contributed by atoms with E-state index in [1.807, 2.05) is 6.07 Å². The summed E-state index contributed by atoms with van der Waals surface area (Å²) in [6.45, 7) is 2.89. The maximum atomic E-state index is 12.8. The fourth-order valence-electron chi connectivity index (χ4n) is 2.86. The molecule has 0 spiro atoms. The number of nitrogen functional groups attached to an aromatic ring is 1. The number of carbonyl (C=O) groups excluding carboxylic acids is 2. The van der Waals surface area contributed by atoms with Crippen LogP contribution in [0.4, 0.5) is 11.4 Å². The first kappa shape index (κ1) is 21.0. The molecular weight excluding hydrogens is 434 g/mol. The molecule has 1 aliphatic carbocycles. The van der Waals surface area contributed by atoms with Gasteiger partial charge in [-0.2, -0.15) is 0 Å². The van der Waals surface area contributed by atoms with Gasteiger partial charge >= 0.3 is 5.97 Å². The van der Waals surface area contributed by atoms with E-state index in [1.165, 1.54) is 12.8 Å². The van der Waals surface area contributed by atoms with Crippen LogP contribution in [0.1, 0.15) is 41.3 Å². The van der Waals surface area contributed by atoms with Crippen molar-refractivity contribution in [1.29, 1.82) is 0 Å². The second kappa shape index (κ2) is 9.69. The van der Waals surface area contributed by atoms with Gasteiger partial charge in [0.1, 0.15) is 0 Å². The summed E-state index contributed by atoms with van der Waals surface area (Å²) < 4.78 is 5.71. The fourth-order valence-corrected chi connectivity index (χ4v) is 3.44. The summed E-state index contributed by atoms with van der Waals surface area (Å²) in [4.78, 5) is 29.0. The molecule has 3 N–H and O–H groups in total. The predicted molar refractivity (Wildman–Crippen MR) is 118 cm³/mol. The summed E-state index contributed by atoms with van der Waals surface area (Å²) in [6.07, 6.45) is 4.33. The van der Waals surface area contributed by atoms with E-state index >= 15 is 0 Å². The molecule has 1 amide bonds. The van der Waals surface area contributed by atoms with E-state index in [-0.39, 0.29) is 18.3 Å². The number of amides is 1. The maximum absolute atomic E-state index is 12.8. The number of anilines is 2.